The third-order valence-electron chi connectivity index (χ3n) is 2.79. The first-order valence-corrected chi connectivity index (χ1v) is 7.59. The van der Waals surface area contributed by atoms with E-state index in [2.05, 4.69) is 5.32 Å². The number of aryl methyl sites for hydroxylation is 1. The van der Waals surface area contributed by atoms with E-state index in [1.54, 1.807) is 0 Å². The van der Waals surface area contributed by atoms with Crippen molar-refractivity contribution in [3.05, 3.63) is 29.8 Å². The lowest BCUT2D eigenvalue weighted by Crippen LogP contribution is -2.42. The smallest absolute Gasteiger partial charge is 0.326 e. The molecule has 1 rings (SSSR count). The molecule has 5 heteroatoms. The minimum atomic E-state index is -0.979. The Hall–Kier alpha value is -1.49. The van der Waals surface area contributed by atoms with Crippen LogP contribution in [0, 0.1) is 12.8 Å². The third kappa shape index (κ3) is 5.65. The molecule has 1 atom stereocenters. The number of carbonyl (C=O) groups is 2. The van der Waals surface area contributed by atoms with Gasteiger partial charge in [0.25, 0.3) is 0 Å². The zero-order valence-corrected chi connectivity index (χ0v) is 12.9. The monoisotopic (exact) mass is 295 g/mol. The van der Waals surface area contributed by atoms with Gasteiger partial charge in [-0.05, 0) is 30.9 Å². The van der Waals surface area contributed by atoms with E-state index >= 15 is 0 Å². The maximum atomic E-state index is 11.8. The van der Waals surface area contributed by atoms with Crippen LogP contribution in [0.2, 0.25) is 0 Å². The molecule has 110 valence electrons. The largest absolute Gasteiger partial charge is 0.480 e. The number of aliphatic carboxylic acids is 1. The molecule has 0 aromatic heterocycles. The van der Waals surface area contributed by atoms with Crippen molar-refractivity contribution in [3.63, 3.8) is 0 Å². The summed E-state index contributed by atoms with van der Waals surface area (Å²) in [5.74, 6) is -0.771. The molecule has 1 aromatic carbocycles. The lowest BCUT2D eigenvalue weighted by atomic mass is 10.0. The Balaban J connectivity index is 2.50. The van der Waals surface area contributed by atoms with E-state index in [1.165, 1.54) is 11.8 Å². The van der Waals surface area contributed by atoms with E-state index in [0.29, 0.717) is 6.42 Å². The SMILES string of the molecule is Cc1ccccc1SCC(=O)N[C@@H](CC(C)C)C(=O)O. The predicted octanol–water partition coefficient (Wildman–Crippen LogP) is 2.70. The van der Waals surface area contributed by atoms with Crippen LogP contribution in [0.1, 0.15) is 25.8 Å². The fraction of sp³-hybridized carbons (Fsp3) is 0.467. The van der Waals surface area contributed by atoms with Crippen molar-refractivity contribution < 1.29 is 14.7 Å². The number of benzene rings is 1. The van der Waals surface area contributed by atoms with Gasteiger partial charge in [-0.3, -0.25) is 4.79 Å². The molecule has 0 saturated carbocycles. The second kappa shape index (κ2) is 7.94. The maximum Gasteiger partial charge on any atom is 0.326 e. The fourth-order valence-corrected chi connectivity index (χ4v) is 2.63. The van der Waals surface area contributed by atoms with E-state index in [4.69, 9.17) is 5.11 Å². The summed E-state index contributed by atoms with van der Waals surface area (Å²) in [4.78, 5) is 23.9. The highest BCUT2D eigenvalue weighted by atomic mass is 32.2. The quantitative estimate of drug-likeness (QED) is 0.759. The van der Waals surface area contributed by atoms with Crippen LogP contribution in [0.3, 0.4) is 0 Å². The molecule has 0 fully saturated rings. The molecule has 0 aliphatic carbocycles. The van der Waals surface area contributed by atoms with Crippen LogP contribution < -0.4 is 5.32 Å². The van der Waals surface area contributed by atoms with Gasteiger partial charge in [-0.15, -0.1) is 11.8 Å². The zero-order chi connectivity index (χ0) is 15.1. The van der Waals surface area contributed by atoms with E-state index in [1.807, 2.05) is 45.0 Å². The Bertz CT molecular complexity index is 474. The van der Waals surface area contributed by atoms with Crippen LogP contribution in [0.15, 0.2) is 29.2 Å². The minimum Gasteiger partial charge on any atom is -0.480 e. The van der Waals surface area contributed by atoms with Crippen LogP contribution in [-0.2, 0) is 9.59 Å². The summed E-state index contributed by atoms with van der Waals surface area (Å²) in [5, 5.41) is 11.7. The highest BCUT2D eigenvalue weighted by Gasteiger charge is 2.20. The van der Waals surface area contributed by atoms with Crippen molar-refractivity contribution in [2.75, 3.05) is 5.75 Å². The van der Waals surface area contributed by atoms with Crippen LogP contribution >= 0.6 is 11.8 Å². The molecule has 0 aliphatic rings. The number of rotatable bonds is 7. The molecule has 1 aromatic rings. The van der Waals surface area contributed by atoms with Gasteiger partial charge in [-0.25, -0.2) is 4.79 Å². The van der Waals surface area contributed by atoms with E-state index in [-0.39, 0.29) is 17.6 Å². The average Bonchev–Trinajstić information content (AvgIpc) is 2.36. The first kappa shape index (κ1) is 16.6. The van der Waals surface area contributed by atoms with Crippen LogP contribution in [0.4, 0.5) is 0 Å². The molecule has 0 unspecified atom stereocenters. The van der Waals surface area contributed by atoms with Gasteiger partial charge >= 0.3 is 5.97 Å². The molecule has 20 heavy (non-hydrogen) atoms. The predicted molar refractivity (Wildman–Crippen MR) is 80.9 cm³/mol. The summed E-state index contributed by atoms with van der Waals surface area (Å²) in [5.41, 5.74) is 1.11. The van der Waals surface area contributed by atoms with E-state index in [9.17, 15) is 9.59 Å². The van der Waals surface area contributed by atoms with Gasteiger partial charge in [-0.2, -0.15) is 0 Å². The van der Waals surface area contributed by atoms with Gasteiger partial charge in [0.05, 0.1) is 5.75 Å². The van der Waals surface area contributed by atoms with Crippen molar-refractivity contribution in [1.82, 2.24) is 5.32 Å². The summed E-state index contributed by atoms with van der Waals surface area (Å²) >= 11 is 1.42. The second-order valence-corrected chi connectivity index (χ2v) is 6.16. The zero-order valence-electron chi connectivity index (χ0n) is 12.1. The van der Waals surface area contributed by atoms with Crippen LogP contribution in [-0.4, -0.2) is 28.8 Å². The molecule has 1 amide bonds. The molecule has 4 nitrogen and oxygen atoms in total. The summed E-state index contributed by atoms with van der Waals surface area (Å²) in [6.07, 6.45) is 0.441. The molecule has 0 bridgehead atoms. The number of carboxylic acid groups (broad SMARTS) is 1. The molecule has 0 heterocycles. The number of hydrogen-bond donors (Lipinski definition) is 2. The molecular formula is C15H21NO3S. The lowest BCUT2D eigenvalue weighted by Gasteiger charge is -2.16. The third-order valence-corrected chi connectivity index (χ3v) is 3.97. The van der Waals surface area contributed by atoms with Gasteiger partial charge in [-0.1, -0.05) is 32.0 Å². The molecule has 0 aliphatic heterocycles. The number of carbonyl (C=O) groups excluding carboxylic acids is 1. The van der Waals surface area contributed by atoms with Crippen molar-refractivity contribution in [2.45, 2.75) is 38.1 Å². The topological polar surface area (TPSA) is 66.4 Å². The van der Waals surface area contributed by atoms with E-state index < -0.39 is 12.0 Å². The van der Waals surface area contributed by atoms with Gasteiger partial charge in [0.2, 0.25) is 5.91 Å². The number of hydrogen-bond acceptors (Lipinski definition) is 3. The summed E-state index contributed by atoms with van der Waals surface area (Å²) < 4.78 is 0. The van der Waals surface area contributed by atoms with Crippen molar-refractivity contribution in [2.24, 2.45) is 5.92 Å². The van der Waals surface area contributed by atoms with E-state index in [0.717, 1.165) is 10.5 Å². The Morgan fingerprint density at radius 2 is 1.95 bits per heavy atom. The molecular weight excluding hydrogens is 274 g/mol. The highest BCUT2D eigenvalue weighted by Crippen LogP contribution is 2.21. The lowest BCUT2D eigenvalue weighted by molar-refractivity contribution is -0.141. The molecule has 2 N–H and O–H groups in total. The fourth-order valence-electron chi connectivity index (χ4n) is 1.79. The summed E-state index contributed by atoms with van der Waals surface area (Å²) in [6, 6.07) is 7.00. The standard InChI is InChI=1S/C15H21NO3S/c1-10(2)8-12(15(18)19)16-14(17)9-20-13-7-5-4-6-11(13)3/h4-7,10,12H,8-9H2,1-3H3,(H,16,17)(H,18,19)/t12-/m0/s1. The molecule has 0 saturated heterocycles. The average molecular weight is 295 g/mol. The highest BCUT2D eigenvalue weighted by molar-refractivity contribution is 8.00. The van der Waals surface area contributed by atoms with Gasteiger partial charge in [0.1, 0.15) is 6.04 Å². The number of nitrogens with one attached hydrogen (secondary N) is 1. The van der Waals surface area contributed by atoms with Gasteiger partial charge < -0.3 is 10.4 Å². The summed E-state index contributed by atoms with van der Waals surface area (Å²) in [7, 11) is 0. The molecule has 0 spiro atoms. The summed E-state index contributed by atoms with van der Waals surface area (Å²) in [6.45, 7) is 5.85. The van der Waals surface area contributed by atoms with Gasteiger partial charge in [0, 0.05) is 4.90 Å². The van der Waals surface area contributed by atoms with Crippen LogP contribution in [0.25, 0.3) is 0 Å². The second-order valence-electron chi connectivity index (χ2n) is 5.14. The van der Waals surface area contributed by atoms with Crippen molar-refractivity contribution in [3.8, 4) is 0 Å². The Labute approximate surface area is 124 Å². The number of amides is 1. The Morgan fingerprint density at radius 1 is 1.30 bits per heavy atom. The maximum absolute atomic E-state index is 11.8. The first-order chi connectivity index (χ1) is 9.40. The number of thioether (sulfide) groups is 1. The van der Waals surface area contributed by atoms with Crippen molar-refractivity contribution >= 4 is 23.6 Å². The Morgan fingerprint density at radius 3 is 2.50 bits per heavy atom. The molecule has 0 radical (unpaired) electrons. The van der Waals surface area contributed by atoms with Crippen molar-refractivity contribution in [1.29, 1.82) is 0 Å². The number of carboxylic acids is 1. The van der Waals surface area contributed by atoms with Gasteiger partial charge in [0.15, 0.2) is 0 Å². The minimum absolute atomic E-state index is 0.223. The van der Waals surface area contributed by atoms with Crippen LogP contribution in [0.5, 0.6) is 0 Å². The Kier molecular flexibility index (Phi) is 6.58. The first-order valence-electron chi connectivity index (χ1n) is 6.60. The normalized spacial score (nSPS) is 12.2.